The molecule has 2 fully saturated rings. The van der Waals surface area contributed by atoms with Gasteiger partial charge in [-0.15, -0.1) is 0 Å². The fourth-order valence-corrected chi connectivity index (χ4v) is 4.46. The van der Waals surface area contributed by atoms with Crippen molar-refractivity contribution >= 4 is 17.1 Å². The van der Waals surface area contributed by atoms with Crippen molar-refractivity contribution in [3.05, 3.63) is 34.7 Å². The van der Waals surface area contributed by atoms with Crippen molar-refractivity contribution in [3.63, 3.8) is 0 Å². The summed E-state index contributed by atoms with van der Waals surface area (Å²) in [4.78, 5) is 27.7. The van der Waals surface area contributed by atoms with Gasteiger partial charge in [0.05, 0.1) is 11.0 Å². The molecule has 128 valence electrons. The SMILES string of the molecule is CN1[C@@H]2CCC[C@H]1CC(NC(=O)n1c(=O)n(C)c3ccccc31)C2. The third kappa shape index (κ3) is 2.36. The van der Waals surface area contributed by atoms with Gasteiger partial charge < -0.3 is 10.2 Å². The molecule has 24 heavy (non-hydrogen) atoms. The molecule has 2 aliphatic rings. The van der Waals surface area contributed by atoms with Crippen LogP contribution in [-0.2, 0) is 7.05 Å². The average molecular weight is 328 g/mol. The van der Waals surface area contributed by atoms with Gasteiger partial charge in [-0.05, 0) is 44.9 Å². The van der Waals surface area contributed by atoms with Crippen LogP contribution in [0.5, 0.6) is 0 Å². The number of aromatic nitrogens is 2. The Hall–Kier alpha value is -2.08. The van der Waals surface area contributed by atoms with E-state index in [1.165, 1.54) is 28.4 Å². The minimum atomic E-state index is -0.301. The molecule has 3 atom stereocenters. The van der Waals surface area contributed by atoms with Gasteiger partial charge in [0, 0.05) is 25.2 Å². The minimum absolute atomic E-state index is 0.148. The van der Waals surface area contributed by atoms with E-state index in [9.17, 15) is 9.59 Å². The number of imidazole rings is 1. The van der Waals surface area contributed by atoms with E-state index in [1.807, 2.05) is 24.3 Å². The molecule has 0 radical (unpaired) electrons. The Bertz CT molecular complexity index is 823. The molecule has 0 aliphatic carbocycles. The summed E-state index contributed by atoms with van der Waals surface area (Å²) < 4.78 is 2.79. The van der Waals surface area contributed by atoms with Gasteiger partial charge in [-0.1, -0.05) is 18.6 Å². The summed E-state index contributed by atoms with van der Waals surface area (Å²) >= 11 is 0. The number of para-hydroxylation sites is 2. The lowest BCUT2D eigenvalue weighted by Gasteiger charge is -2.47. The number of carbonyl (C=O) groups excluding carboxylic acids is 1. The zero-order valence-electron chi connectivity index (χ0n) is 14.2. The van der Waals surface area contributed by atoms with Gasteiger partial charge in [-0.25, -0.2) is 14.2 Å². The van der Waals surface area contributed by atoms with E-state index in [-0.39, 0.29) is 17.8 Å². The molecule has 2 aromatic rings. The number of piperidine rings is 2. The highest BCUT2D eigenvalue weighted by atomic mass is 16.2. The van der Waals surface area contributed by atoms with Crippen molar-refractivity contribution in [2.75, 3.05) is 7.05 Å². The van der Waals surface area contributed by atoms with Crippen LogP contribution in [0.3, 0.4) is 0 Å². The number of aryl methyl sites for hydroxylation is 1. The highest BCUT2D eigenvalue weighted by Gasteiger charge is 2.36. The highest BCUT2D eigenvalue weighted by molar-refractivity contribution is 5.89. The van der Waals surface area contributed by atoms with E-state index >= 15 is 0 Å². The molecule has 1 amide bonds. The van der Waals surface area contributed by atoms with Gasteiger partial charge in [0.2, 0.25) is 0 Å². The largest absolute Gasteiger partial charge is 0.337 e. The predicted octanol–water partition coefficient (Wildman–Crippen LogP) is 1.91. The van der Waals surface area contributed by atoms with Gasteiger partial charge in [0.1, 0.15) is 0 Å². The monoisotopic (exact) mass is 328 g/mol. The molecule has 1 N–H and O–H groups in total. The van der Waals surface area contributed by atoms with E-state index < -0.39 is 0 Å². The van der Waals surface area contributed by atoms with Gasteiger partial charge in [0.25, 0.3) is 0 Å². The molecule has 2 bridgehead atoms. The smallest absolute Gasteiger partial charge is 0.334 e. The number of hydrogen-bond acceptors (Lipinski definition) is 3. The molecule has 4 rings (SSSR count). The Labute approximate surface area is 141 Å². The highest BCUT2D eigenvalue weighted by Crippen LogP contribution is 2.32. The molecular weight excluding hydrogens is 304 g/mol. The second-order valence-corrected chi connectivity index (χ2v) is 7.19. The third-order valence-electron chi connectivity index (χ3n) is 5.83. The lowest BCUT2D eigenvalue weighted by atomic mass is 9.82. The summed E-state index contributed by atoms with van der Waals surface area (Å²) in [5.74, 6) is 0. The topological polar surface area (TPSA) is 59.3 Å². The van der Waals surface area contributed by atoms with Crippen molar-refractivity contribution in [3.8, 4) is 0 Å². The molecule has 1 aromatic heterocycles. The third-order valence-corrected chi connectivity index (χ3v) is 5.83. The molecule has 6 heteroatoms. The molecule has 6 nitrogen and oxygen atoms in total. The standard InChI is InChI=1S/C18H24N4O2/c1-20-13-6-5-7-14(20)11-12(10-13)19-17(23)22-16-9-4-3-8-15(16)21(2)18(22)24/h3-4,8-9,12-14H,5-7,10-11H2,1-2H3,(H,19,23)/t12?,13-,14+. The Morgan fingerprint density at radius 2 is 1.71 bits per heavy atom. The second-order valence-electron chi connectivity index (χ2n) is 7.19. The van der Waals surface area contributed by atoms with Crippen LogP contribution in [-0.4, -0.2) is 45.2 Å². The lowest BCUT2D eigenvalue weighted by Crippen LogP contribution is -2.56. The first kappa shape index (κ1) is 15.4. The first-order valence-electron chi connectivity index (χ1n) is 8.75. The maximum Gasteiger partial charge on any atom is 0.337 e. The molecular formula is C18H24N4O2. The molecule has 0 saturated carbocycles. The first-order chi connectivity index (χ1) is 11.6. The molecule has 2 aliphatic heterocycles. The van der Waals surface area contributed by atoms with Crippen LogP contribution in [0.2, 0.25) is 0 Å². The number of nitrogens with zero attached hydrogens (tertiary/aromatic N) is 3. The maximum atomic E-state index is 12.8. The van der Waals surface area contributed by atoms with Crippen LogP contribution in [0.15, 0.2) is 29.1 Å². The number of rotatable bonds is 1. The average Bonchev–Trinajstić information content (AvgIpc) is 2.80. The molecule has 3 heterocycles. The van der Waals surface area contributed by atoms with Crippen LogP contribution in [0.1, 0.15) is 32.1 Å². The zero-order valence-corrected chi connectivity index (χ0v) is 14.2. The summed E-state index contributed by atoms with van der Waals surface area (Å²) in [7, 11) is 3.90. The number of hydrogen-bond donors (Lipinski definition) is 1. The van der Waals surface area contributed by atoms with Crippen LogP contribution in [0.4, 0.5) is 4.79 Å². The van der Waals surface area contributed by atoms with Gasteiger partial charge in [0.15, 0.2) is 0 Å². The number of carbonyl (C=O) groups is 1. The Balaban J connectivity index is 1.60. The van der Waals surface area contributed by atoms with E-state index in [1.54, 1.807) is 7.05 Å². The van der Waals surface area contributed by atoms with Crippen LogP contribution >= 0.6 is 0 Å². The van der Waals surface area contributed by atoms with Gasteiger partial charge in [-0.3, -0.25) is 4.57 Å². The van der Waals surface area contributed by atoms with Crippen molar-refractivity contribution in [1.29, 1.82) is 0 Å². The Kier molecular flexibility index (Phi) is 3.72. The Morgan fingerprint density at radius 3 is 2.38 bits per heavy atom. The van der Waals surface area contributed by atoms with E-state index in [2.05, 4.69) is 17.3 Å². The van der Waals surface area contributed by atoms with Crippen molar-refractivity contribution in [2.45, 2.75) is 50.2 Å². The van der Waals surface area contributed by atoms with Crippen LogP contribution in [0, 0.1) is 0 Å². The zero-order chi connectivity index (χ0) is 16.8. The second kappa shape index (κ2) is 5.77. The summed E-state index contributed by atoms with van der Waals surface area (Å²) in [5.41, 5.74) is 1.15. The normalized spacial score (nSPS) is 27.3. The molecule has 2 saturated heterocycles. The molecule has 0 spiro atoms. The predicted molar refractivity (Wildman–Crippen MR) is 93.3 cm³/mol. The van der Waals surface area contributed by atoms with E-state index in [0.717, 1.165) is 18.4 Å². The summed E-state index contributed by atoms with van der Waals surface area (Å²) in [6, 6.07) is 8.35. The van der Waals surface area contributed by atoms with Crippen molar-refractivity contribution in [2.24, 2.45) is 7.05 Å². The minimum Gasteiger partial charge on any atom is -0.334 e. The summed E-state index contributed by atoms with van der Waals surface area (Å²) in [6.07, 6.45) is 5.63. The van der Waals surface area contributed by atoms with E-state index in [4.69, 9.17) is 0 Å². The molecule has 1 aromatic carbocycles. The van der Waals surface area contributed by atoms with Crippen LogP contribution in [0.25, 0.3) is 11.0 Å². The van der Waals surface area contributed by atoms with Gasteiger partial charge >= 0.3 is 11.7 Å². The Morgan fingerprint density at radius 1 is 1.08 bits per heavy atom. The van der Waals surface area contributed by atoms with Crippen LogP contribution < -0.4 is 11.0 Å². The summed E-state index contributed by atoms with van der Waals surface area (Å²) in [5, 5.41) is 3.11. The fourth-order valence-electron chi connectivity index (χ4n) is 4.46. The summed E-state index contributed by atoms with van der Waals surface area (Å²) in [6.45, 7) is 0. The quantitative estimate of drug-likeness (QED) is 0.870. The van der Waals surface area contributed by atoms with E-state index in [0.29, 0.717) is 17.6 Å². The first-order valence-corrected chi connectivity index (χ1v) is 8.75. The van der Waals surface area contributed by atoms with Crippen molar-refractivity contribution in [1.82, 2.24) is 19.4 Å². The maximum absolute atomic E-state index is 12.8. The number of amides is 1. The van der Waals surface area contributed by atoms with Crippen molar-refractivity contribution < 1.29 is 4.79 Å². The van der Waals surface area contributed by atoms with Gasteiger partial charge in [-0.2, -0.15) is 0 Å². The number of fused-ring (bicyclic) bond motifs is 3. The number of benzene rings is 1. The lowest BCUT2D eigenvalue weighted by molar-refractivity contribution is 0.0509. The number of nitrogens with one attached hydrogen (secondary N) is 1. The fraction of sp³-hybridized carbons (Fsp3) is 0.556. The molecule has 1 unspecified atom stereocenters.